The van der Waals surface area contributed by atoms with Gasteiger partial charge in [-0.2, -0.15) is 0 Å². The fourth-order valence-corrected chi connectivity index (χ4v) is 5.29. The molecule has 3 heterocycles. The Labute approximate surface area is 191 Å². The molecule has 164 valence electrons. The van der Waals surface area contributed by atoms with Gasteiger partial charge in [0.15, 0.2) is 0 Å². The Morgan fingerprint density at radius 3 is 2.09 bits per heavy atom. The number of hydrogen-bond donors (Lipinski definition) is 0. The van der Waals surface area contributed by atoms with Crippen LogP contribution >= 0.6 is 0 Å². The van der Waals surface area contributed by atoms with Crippen LogP contribution in [0.15, 0.2) is 60.7 Å². The van der Waals surface area contributed by atoms with Crippen molar-refractivity contribution in [3.63, 3.8) is 0 Å². The molecule has 6 rings (SSSR count). The summed E-state index contributed by atoms with van der Waals surface area (Å²) < 4.78 is 15.2. The SMILES string of the molecule is C.CC1(C)c2cc(B3OC(C)(C)C(C)(C)O3)ccc2-n2c3ccccc3c3cccc1c32. The average Bonchev–Trinajstić information content (AvgIpc) is 3.17. The minimum absolute atomic E-state index is 0. The van der Waals surface area contributed by atoms with Crippen molar-refractivity contribution in [2.75, 3.05) is 0 Å². The van der Waals surface area contributed by atoms with Crippen molar-refractivity contribution in [2.45, 2.75) is 65.6 Å². The lowest BCUT2D eigenvalue weighted by molar-refractivity contribution is 0.00578. The van der Waals surface area contributed by atoms with Gasteiger partial charge in [-0.25, -0.2) is 0 Å². The highest BCUT2D eigenvalue weighted by atomic mass is 16.7. The monoisotopic (exact) mass is 425 g/mol. The van der Waals surface area contributed by atoms with Crippen molar-refractivity contribution in [2.24, 2.45) is 0 Å². The van der Waals surface area contributed by atoms with Crippen molar-refractivity contribution in [1.29, 1.82) is 0 Å². The van der Waals surface area contributed by atoms with Gasteiger partial charge in [-0.15, -0.1) is 0 Å². The summed E-state index contributed by atoms with van der Waals surface area (Å²) in [6, 6.07) is 22.2. The second-order valence-corrected chi connectivity index (χ2v) is 10.5. The molecule has 0 saturated carbocycles. The predicted molar refractivity (Wildman–Crippen MR) is 135 cm³/mol. The summed E-state index contributed by atoms with van der Waals surface area (Å²) in [5.41, 5.74) is 6.75. The molecule has 3 aromatic carbocycles. The van der Waals surface area contributed by atoms with Gasteiger partial charge in [-0.05, 0) is 56.4 Å². The Bertz CT molecular complexity index is 1360. The van der Waals surface area contributed by atoms with Crippen molar-refractivity contribution in [3.05, 3.63) is 71.8 Å². The molecule has 0 atom stereocenters. The maximum atomic E-state index is 6.36. The van der Waals surface area contributed by atoms with E-state index in [1.807, 2.05) is 0 Å². The zero-order valence-corrected chi connectivity index (χ0v) is 19.1. The van der Waals surface area contributed by atoms with Crippen molar-refractivity contribution in [1.82, 2.24) is 4.57 Å². The van der Waals surface area contributed by atoms with Crippen LogP contribution < -0.4 is 5.46 Å². The van der Waals surface area contributed by atoms with E-state index in [1.165, 1.54) is 38.6 Å². The minimum Gasteiger partial charge on any atom is -0.399 e. The average molecular weight is 425 g/mol. The van der Waals surface area contributed by atoms with Crippen LogP contribution in [0.25, 0.3) is 27.5 Å². The van der Waals surface area contributed by atoms with Gasteiger partial charge in [0.25, 0.3) is 0 Å². The third kappa shape index (κ3) is 2.57. The third-order valence-corrected chi connectivity index (χ3v) is 7.83. The highest BCUT2D eigenvalue weighted by Gasteiger charge is 2.52. The van der Waals surface area contributed by atoms with Crippen molar-refractivity contribution < 1.29 is 9.31 Å². The van der Waals surface area contributed by atoms with Crippen LogP contribution in [-0.2, 0) is 14.7 Å². The molecule has 0 bridgehead atoms. The first-order valence-corrected chi connectivity index (χ1v) is 11.1. The second-order valence-electron chi connectivity index (χ2n) is 10.5. The molecule has 32 heavy (non-hydrogen) atoms. The van der Waals surface area contributed by atoms with Gasteiger partial charge < -0.3 is 13.9 Å². The molecule has 4 heteroatoms. The van der Waals surface area contributed by atoms with Gasteiger partial charge in [-0.1, -0.05) is 69.8 Å². The van der Waals surface area contributed by atoms with E-state index in [9.17, 15) is 0 Å². The summed E-state index contributed by atoms with van der Waals surface area (Å²) in [6.45, 7) is 13.1. The van der Waals surface area contributed by atoms with E-state index in [1.54, 1.807) is 0 Å². The molecule has 1 saturated heterocycles. The Hall–Kier alpha value is -2.56. The minimum atomic E-state index is -0.357. The van der Waals surface area contributed by atoms with Crippen LogP contribution in [0.1, 0.15) is 60.1 Å². The number of nitrogens with zero attached hydrogens (tertiary/aromatic N) is 1. The van der Waals surface area contributed by atoms with Crippen molar-refractivity contribution in [3.8, 4) is 5.69 Å². The van der Waals surface area contributed by atoms with E-state index in [-0.39, 0.29) is 31.2 Å². The number of aromatic nitrogens is 1. The molecule has 0 amide bonds. The summed E-state index contributed by atoms with van der Waals surface area (Å²) in [5.74, 6) is 0. The molecule has 0 N–H and O–H groups in total. The Morgan fingerprint density at radius 1 is 0.719 bits per heavy atom. The van der Waals surface area contributed by atoms with Crippen LogP contribution in [0, 0.1) is 0 Å². The van der Waals surface area contributed by atoms with Gasteiger partial charge >= 0.3 is 7.12 Å². The third-order valence-electron chi connectivity index (χ3n) is 7.83. The number of rotatable bonds is 1. The lowest BCUT2D eigenvalue weighted by Gasteiger charge is -2.35. The van der Waals surface area contributed by atoms with Crippen LogP contribution in [0.3, 0.4) is 0 Å². The Morgan fingerprint density at radius 2 is 1.38 bits per heavy atom. The van der Waals surface area contributed by atoms with Crippen LogP contribution in [0.5, 0.6) is 0 Å². The van der Waals surface area contributed by atoms with E-state index in [0.29, 0.717) is 0 Å². The molecule has 1 fully saturated rings. The Kier molecular flexibility index (Phi) is 4.32. The summed E-state index contributed by atoms with van der Waals surface area (Å²) in [5, 5.41) is 2.62. The van der Waals surface area contributed by atoms with Crippen LogP contribution in [-0.4, -0.2) is 22.9 Å². The second kappa shape index (κ2) is 6.49. The van der Waals surface area contributed by atoms with Gasteiger partial charge in [0.2, 0.25) is 0 Å². The zero-order chi connectivity index (χ0) is 21.8. The molecule has 3 nitrogen and oxygen atoms in total. The molecule has 2 aliphatic rings. The molecule has 0 radical (unpaired) electrons. The maximum absolute atomic E-state index is 6.36. The fourth-order valence-electron chi connectivity index (χ4n) is 5.29. The number of benzene rings is 3. The first-order valence-electron chi connectivity index (χ1n) is 11.1. The highest BCUT2D eigenvalue weighted by Crippen LogP contribution is 2.47. The molecule has 2 aliphatic heterocycles. The van der Waals surface area contributed by atoms with E-state index in [2.05, 4.69) is 107 Å². The van der Waals surface area contributed by atoms with Crippen LogP contribution in [0.4, 0.5) is 0 Å². The topological polar surface area (TPSA) is 23.4 Å². The van der Waals surface area contributed by atoms with E-state index >= 15 is 0 Å². The first kappa shape index (κ1) is 21.3. The van der Waals surface area contributed by atoms with E-state index in [0.717, 1.165) is 5.46 Å². The summed E-state index contributed by atoms with van der Waals surface area (Å²) >= 11 is 0. The van der Waals surface area contributed by atoms with Gasteiger partial charge in [0, 0.05) is 16.2 Å². The molecular weight excluding hydrogens is 393 g/mol. The lowest BCUT2D eigenvalue weighted by Crippen LogP contribution is -2.41. The fraction of sp³-hybridized carbons (Fsp3) is 0.357. The number of fused-ring (bicyclic) bond motifs is 5. The van der Waals surface area contributed by atoms with Gasteiger partial charge in [0.1, 0.15) is 0 Å². The first-order chi connectivity index (χ1) is 14.6. The van der Waals surface area contributed by atoms with Crippen LogP contribution in [0.2, 0.25) is 0 Å². The maximum Gasteiger partial charge on any atom is 0.494 e. The largest absolute Gasteiger partial charge is 0.494 e. The summed E-state index contributed by atoms with van der Waals surface area (Å²) in [7, 11) is -0.357. The summed E-state index contributed by atoms with van der Waals surface area (Å²) in [6.07, 6.45) is 0. The molecule has 4 aromatic rings. The molecule has 0 aliphatic carbocycles. The number of hydrogen-bond acceptors (Lipinski definition) is 2. The quantitative estimate of drug-likeness (QED) is 0.332. The zero-order valence-electron chi connectivity index (χ0n) is 19.1. The normalized spacial score (nSPS) is 19.8. The predicted octanol–water partition coefficient (Wildman–Crippen LogP) is 6.36. The number of para-hydroxylation sites is 2. The smallest absolute Gasteiger partial charge is 0.399 e. The molecule has 1 aromatic heterocycles. The Balaban J connectivity index is 0.00000216. The van der Waals surface area contributed by atoms with Gasteiger partial charge in [0.05, 0.1) is 27.9 Å². The molecule has 0 unspecified atom stereocenters. The van der Waals surface area contributed by atoms with E-state index in [4.69, 9.17) is 9.31 Å². The van der Waals surface area contributed by atoms with Gasteiger partial charge in [-0.3, -0.25) is 0 Å². The van der Waals surface area contributed by atoms with Crippen molar-refractivity contribution >= 4 is 34.4 Å². The highest BCUT2D eigenvalue weighted by molar-refractivity contribution is 6.62. The summed E-state index contributed by atoms with van der Waals surface area (Å²) in [4.78, 5) is 0. The molecular formula is C28H32BNO2. The standard InChI is InChI=1S/C27H28BNO2.CH4/c1-25(2)20-12-9-11-19-18-10-7-8-13-22(18)29(24(19)20)23-15-14-17(16-21(23)25)28-30-26(3,4)27(5,6)31-28;/h7-16H,1-6H3;1H4. The van der Waals surface area contributed by atoms with E-state index < -0.39 is 0 Å². The lowest BCUT2D eigenvalue weighted by atomic mass is 9.70. The molecule has 0 spiro atoms.